The molecule has 3 N–H and O–H groups in total. The molecule has 3 unspecified atom stereocenters. The molecule has 2 aromatic heterocycles. The monoisotopic (exact) mass is 260 g/mol. The van der Waals surface area contributed by atoms with Crippen LogP contribution in [0, 0.1) is 11.8 Å². The molecular weight excluding hydrogens is 244 g/mol. The molecule has 0 saturated heterocycles. The maximum atomic E-state index is 5.78. The number of nitrogens with two attached hydrogens (primary N) is 1. The summed E-state index contributed by atoms with van der Waals surface area (Å²) in [6.07, 6.45) is 5.48. The van der Waals surface area contributed by atoms with Gasteiger partial charge in [-0.2, -0.15) is 4.98 Å². The van der Waals surface area contributed by atoms with Crippen LogP contribution in [0.15, 0.2) is 11.4 Å². The molecule has 0 aromatic carbocycles. The van der Waals surface area contributed by atoms with Crippen molar-refractivity contribution in [3.63, 3.8) is 0 Å². The van der Waals surface area contributed by atoms with Crippen molar-refractivity contribution in [3.8, 4) is 0 Å². The molecule has 4 rings (SSSR count). The number of nitrogens with zero attached hydrogens (tertiary/aromatic N) is 2. The Morgan fingerprint density at radius 3 is 3.00 bits per heavy atom. The van der Waals surface area contributed by atoms with Crippen LogP contribution < -0.4 is 11.1 Å². The van der Waals surface area contributed by atoms with Gasteiger partial charge in [0.1, 0.15) is 10.6 Å². The highest BCUT2D eigenvalue weighted by Gasteiger charge is 2.39. The van der Waals surface area contributed by atoms with Crippen molar-refractivity contribution in [3.05, 3.63) is 11.4 Å². The van der Waals surface area contributed by atoms with Gasteiger partial charge < -0.3 is 11.1 Å². The van der Waals surface area contributed by atoms with Crippen LogP contribution in [0.5, 0.6) is 0 Å². The number of aromatic nitrogens is 2. The fourth-order valence-corrected chi connectivity index (χ4v) is 4.35. The van der Waals surface area contributed by atoms with Gasteiger partial charge in [-0.05, 0) is 42.5 Å². The van der Waals surface area contributed by atoms with Crippen LogP contribution >= 0.6 is 11.3 Å². The molecule has 2 heterocycles. The molecule has 0 spiro atoms. The molecule has 94 valence electrons. The van der Waals surface area contributed by atoms with E-state index in [2.05, 4.69) is 21.4 Å². The predicted octanol–water partition coefficient (Wildman–Crippen LogP) is 2.87. The Morgan fingerprint density at radius 1 is 1.28 bits per heavy atom. The quantitative estimate of drug-likeness (QED) is 0.871. The second kappa shape index (κ2) is 3.82. The Bertz CT molecular complexity index is 594. The molecule has 5 heteroatoms. The Balaban J connectivity index is 1.68. The third-order valence-corrected chi connectivity index (χ3v) is 5.21. The largest absolute Gasteiger partial charge is 0.368 e. The number of nitrogens with one attached hydrogen (secondary N) is 1. The van der Waals surface area contributed by atoms with Crippen molar-refractivity contribution in [2.45, 2.75) is 31.7 Å². The van der Waals surface area contributed by atoms with Gasteiger partial charge in [0.05, 0.1) is 5.39 Å². The summed E-state index contributed by atoms with van der Waals surface area (Å²) in [7, 11) is 0. The zero-order valence-corrected chi connectivity index (χ0v) is 10.9. The van der Waals surface area contributed by atoms with E-state index < -0.39 is 0 Å². The summed E-state index contributed by atoms with van der Waals surface area (Å²) in [5.74, 6) is 3.07. The summed E-state index contributed by atoms with van der Waals surface area (Å²) in [6.45, 7) is 0. The molecule has 3 atom stereocenters. The molecular formula is C13H16N4S. The topological polar surface area (TPSA) is 63.8 Å². The summed E-state index contributed by atoms with van der Waals surface area (Å²) in [5.41, 5.74) is 5.78. The van der Waals surface area contributed by atoms with Crippen LogP contribution in [-0.4, -0.2) is 16.0 Å². The van der Waals surface area contributed by atoms with Crippen molar-refractivity contribution in [2.75, 3.05) is 11.1 Å². The average molecular weight is 260 g/mol. The van der Waals surface area contributed by atoms with E-state index in [1.54, 1.807) is 11.3 Å². The standard InChI is InChI=1S/C13H16N4S/c14-13-16-11(9-3-4-18-12(9)17-13)15-10-6-7-1-2-8(10)5-7/h3-4,7-8,10H,1-2,5-6H2,(H3,14,15,16,17). The van der Waals surface area contributed by atoms with E-state index in [-0.39, 0.29) is 0 Å². The summed E-state index contributed by atoms with van der Waals surface area (Å²) < 4.78 is 0. The highest BCUT2D eigenvalue weighted by molar-refractivity contribution is 7.16. The number of rotatable bonds is 2. The molecule has 0 radical (unpaired) electrons. The highest BCUT2D eigenvalue weighted by atomic mass is 32.1. The van der Waals surface area contributed by atoms with Gasteiger partial charge in [-0.1, -0.05) is 6.42 Å². The first kappa shape index (κ1) is 10.6. The third-order valence-electron chi connectivity index (χ3n) is 4.40. The third kappa shape index (κ3) is 1.57. The highest BCUT2D eigenvalue weighted by Crippen LogP contribution is 2.45. The number of thiophene rings is 1. The van der Waals surface area contributed by atoms with Gasteiger partial charge >= 0.3 is 0 Å². The lowest BCUT2D eigenvalue weighted by Gasteiger charge is -2.23. The second-order valence-corrected chi connectivity index (χ2v) is 6.39. The van der Waals surface area contributed by atoms with E-state index in [1.165, 1.54) is 25.7 Å². The molecule has 2 saturated carbocycles. The van der Waals surface area contributed by atoms with Gasteiger partial charge in [0.2, 0.25) is 5.95 Å². The van der Waals surface area contributed by atoms with E-state index >= 15 is 0 Å². The van der Waals surface area contributed by atoms with Crippen molar-refractivity contribution >= 4 is 33.3 Å². The zero-order valence-electron chi connectivity index (χ0n) is 10.1. The van der Waals surface area contributed by atoms with Gasteiger partial charge in [-0.15, -0.1) is 11.3 Å². The van der Waals surface area contributed by atoms with Crippen molar-refractivity contribution in [2.24, 2.45) is 11.8 Å². The van der Waals surface area contributed by atoms with Crippen LogP contribution in [0.25, 0.3) is 10.2 Å². The summed E-state index contributed by atoms with van der Waals surface area (Å²) in [5, 5.41) is 6.77. The molecule has 2 aromatic rings. The van der Waals surface area contributed by atoms with E-state index in [1.807, 2.05) is 5.38 Å². The molecule has 4 nitrogen and oxygen atoms in total. The Morgan fingerprint density at radius 2 is 2.22 bits per heavy atom. The number of nitrogen functional groups attached to an aromatic ring is 1. The second-order valence-electron chi connectivity index (χ2n) is 5.50. The van der Waals surface area contributed by atoms with E-state index in [0.29, 0.717) is 12.0 Å². The Labute approximate surface area is 110 Å². The summed E-state index contributed by atoms with van der Waals surface area (Å²) in [6, 6.07) is 2.66. The summed E-state index contributed by atoms with van der Waals surface area (Å²) >= 11 is 1.62. The van der Waals surface area contributed by atoms with E-state index in [4.69, 9.17) is 5.73 Å². The lowest BCUT2D eigenvalue weighted by Crippen LogP contribution is -2.26. The van der Waals surface area contributed by atoms with E-state index in [9.17, 15) is 0 Å². The fraction of sp³-hybridized carbons (Fsp3) is 0.538. The Kier molecular flexibility index (Phi) is 2.24. The molecule has 2 bridgehead atoms. The number of hydrogen-bond acceptors (Lipinski definition) is 5. The van der Waals surface area contributed by atoms with Crippen LogP contribution in [-0.2, 0) is 0 Å². The molecule has 18 heavy (non-hydrogen) atoms. The van der Waals surface area contributed by atoms with Crippen molar-refractivity contribution in [1.82, 2.24) is 9.97 Å². The van der Waals surface area contributed by atoms with Crippen molar-refractivity contribution < 1.29 is 0 Å². The minimum Gasteiger partial charge on any atom is -0.368 e. The maximum absolute atomic E-state index is 5.78. The number of fused-ring (bicyclic) bond motifs is 3. The normalized spacial score (nSPS) is 30.1. The first-order chi connectivity index (χ1) is 8.79. The van der Waals surface area contributed by atoms with Gasteiger partial charge in [0.15, 0.2) is 0 Å². The van der Waals surface area contributed by atoms with Crippen LogP contribution in [0.4, 0.5) is 11.8 Å². The zero-order chi connectivity index (χ0) is 12.1. The first-order valence-electron chi connectivity index (χ1n) is 6.57. The number of hydrogen-bond donors (Lipinski definition) is 2. The molecule has 0 amide bonds. The number of anilines is 2. The van der Waals surface area contributed by atoms with Gasteiger partial charge in [0.25, 0.3) is 0 Å². The molecule has 2 aliphatic rings. The fourth-order valence-electron chi connectivity index (χ4n) is 3.58. The SMILES string of the molecule is Nc1nc(NC2CC3CCC2C3)c2ccsc2n1. The lowest BCUT2D eigenvalue weighted by molar-refractivity contribution is 0.439. The lowest BCUT2D eigenvalue weighted by atomic mass is 9.95. The van der Waals surface area contributed by atoms with Gasteiger partial charge in [-0.25, -0.2) is 4.98 Å². The van der Waals surface area contributed by atoms with Crippen LogP contribution in [0.3, 0.4) is 0 Å². The molecule has 2 aliphatic carbocycles. The minimum atomic E-state index is 0.371. The van der Waals surface area contributed by atoms with Gasteiger partial charge in [0, 0.05) is 6.04 Å². The van der Waals surface area contributed by atoms with Crippen LogP contribution in [0.2, 0.25) is 0 Å². The summed E-state index contributed by atoms with van der Waals surface area (Å²) in [4.78, 5) is 9.63. The molecule has 0 aliphatic heterocycles. The average Bonchev–Trinajstić information content (AvgIpc) is 3.02. The van der Waals surface area contributed by atoms with Gasteiger partial charge in [-0.3, -0.25) is 0 Å². The van der Waals surface area contributed by atoms with E-state index in [0.717, 1.165) is 27.9 Å². The smallest absolute Gasteiger partial charge is 0.223 e. The van der Waals surface area contributed by atoms with Crippen molar-refractivity contribution in [1.29, 1.82) is 0 Å². The Hall–Kier alpha value is -1.36. The predicted molar refractivity (Wildman–Crippen MR) is 74.7 cm³/mol. The molecule has 2 fully saturated rings. The maximum Gasteiger partial charge on any atom is 0.223 e. The first-order valence-corrected chi connectivity index (χ1v) is 7.45. The van der Waals surface area contributed by atoms with Crippen LogP contribution in [0.1, 0.15) is 25.7 Å². The minimum absolute atomic E-state index is 0.371.